The van der Waals surface area contributed by atoms with Crippen LogP contribution in [0.3, 0.4) is 0 Å². The fourth-order valence-electron chi connectivity index (χ4n) is 2.67. The zero-order valence-corrected chi connectivity index (χ0v) is 17.7. The van der Waals surface area contributed by atoms with E-state index in [1.807, 2.05) is 0 Å². The number of guanidine groups is 1. The van der Waals surface area contributed by atoms with E-state index in [4.69, 9.17) is 27.6 Å². The molecule has 0 atom stereocenters. The molecule has 10 nitrogen and oxygen atoms in total. The summed E-state index contributed by atoms with van der Waals surface area (Å²) in [7, 11) is 0. The third-order valence-corrected chi connectivity index (χ3v) is 4.39. The van der Waals surface area contributed by atoms with Gasteiger partial charge in [0.25, 0.3) is 5.69 Å². The van der Waals surface area contributed by atoms with Crippen molar-refractivity contribution in [2.75, 3.05) is 25.0 Å². The van der Waals surface area contributed by atoms with Gasteiger partial charge in [-0.05, 0) is 18.2 Å². The zero-order valence-electron chi connectivity index (χ0n) is 16.9. The van der Waals surface area contributed by atoms with Crippen molar-refractivity contribution >= 4 is 29.2 Å². The molecular weight excluding hydrogens is 467 g/mol. The molecule has 176 valence electrons. The molecule has 1 aromatic heterocycles. The number of carbonyl (C=O) groups excluding carboxylic acids is 1. The highest BCUT2D eigenvalue weighted by Crippen LogP contribution is 2.28. The quantitative estimate of drug-likeness (QED) is 0.0844. The molecule has 2 rings (SSSR count). The number of carbonyl (C=O) groups is 1. The number of hydroxylamine groups is 1. The Labute approximate surface area is 191 Å². The van der Waals surface area contributed by atoms with Gasteiger partial charge in [-0.15, -0.1) is 0 Å². The van der Waals surface area contributed by atoms with Crippen LogP contribution in [-0.4, -0.2) is 31.6 Å². The highest BCUT2D eigenvalue weighted by Gasteiger charge is 2.39. The number of nitriles is 1. The Balaban J connectivity index is 2.09. The van der Waals surface area contributed by atoms with Gasteiger partial charge < -0.3 is 21.6 Å². The van der Waals surface area contributed by atoms with E-state index in [2.05, 4.69) is 16.1 Å². The molecule has 14 heteroatoms. The van der Waals surface area contributed by atoms with Crippen molar-refractivity contribution in [2.24, 2.45) is 5.73 Å². The Morgan fingerprint density at radius 2 is 2.09 bits per heavy atom. The average Bonchev–Trinajstić information content (AvgIpc) is 2.73. The number of aromatic nitrogens is 1. The maximum absolute atomic E-state index is 14.9. The molecule has 0 fully saturated rings. The van der Waals surface area contributed by atoms with Crippen LogP contribution in [0.2, 0.25) is 5.02 Å². The van der Waals surface area contributed by atoms with E-state index in [0.29, 0.717) is 0 Å². The van der Waals surface area contributed by atoms with Gasteiger partial charge in [0.15, 0.2) is 12.0 Å². The molecule has 0 spiro atoms. The first-order valence-corrected chi connectivity index (χ1v) is 9.64. The minimum absolute atomic E-state index is 0.0108. The van der Waals surface area contributed by atoms with Crippen molar-refractivity contribution in [1.82, 2.24) is 10.8 Å². The lowest BCUT2D eigenvalue weighted by Crippen LogP contribution is -2.41. The number of hydrogen-bond acceptors (Lipinski definition) is 6. The lowest BCUT2D eigenvalue weighted by Gasteiger charge is -2.18. The highest BCUT2D eigenvalue weighted by atomic mass is 35.5. The predicted octanol–water partition coefficient (Wildman–Crippen LogP) is 1.26. The molecule has 1 amide bonds. The molecule has 0 bridgehead atoms. The van der Waals surface area contributed by atoms with Gasteiger partial charge in [-0.2, -0.15) is 18.8 Å². The molecule has 33 heavy (non-hydrogen) atoms. The van der Waals surface area contributed by atoms with E-state index < -0.39 is 42.3 Å². The minimum atomic E-state index is -3.68. The van der Waals surface area contributed by atoms with E-state index in [-0.39, 0.29) is 39.7 Å². The third kappa shape index (κ3) is 7.13. The standard InChI is InChI=1S/C19H19ClF3N7O3/c20-12-2-4-15(30(32)9-12)19(22,23)10-28-14-3-1-11(8-24)13(17(14)21)7-16(31)27-5-6-33-29-18(25)26/h1-4,9,28H,5-7,10H2,(H,27,31)(H4,25,26,29). The Morgan fingerprint density at radius 3 is 2.73 bits per heavy atom. The van der Waals surface area contributed by atoms with Gasteiger partial charge >= 0.3 is 5.92 Å². The Morgan fingerprint density at radius 1 is 1.36 bits per heavy atom. The molecule has 1 aromatic carbocycles. The number of pyridine rings is 1. The maximum Gasteiger partial charge on any atom is 0.347 e. The first-order chi connectivity index (χ1) is 15.5. The number of nitrogens with one attached hydrogen (secondary N) is 4. The van der Waals surface area contributed by atoms with Crippen LogP contribution < -0.4 is 26.6 Å². The zero-order chi connectivity index (χ0) is 24.6. The summed E-state index contributed by atoms with van der Waals surface area (Å²) in [5.41, 5.74) is 5.35. The number of hydrogen-bond donors (Lipinski definition) is 5. The molecule has 0 saturated carbocycles. The first kappa shape index (κ1) is 25.5. The second kappa shape index (κ2) is 11.2. The van der Waals surface area contributed by atoms with Crippen molar-refractivity contribution < 1.29 is 27.5 Å². The van der Waals surface area contributed by atoms with Gasteiger partial charge in [-0.1, -0.05) is 11.6 Å². The van der Waals surface area contributed by atoms with E-state index in [0.717, 1.165) is 24.4 Å². The van der Waals surface area contributed by atoms with Gasteiger partial charge in [-0.25, -0.2) is 9.87 Å². The molecule has 0 radical (unpaired) electrons. The summed E-state index contributed by atoms with van der Waals surface area (Å²) in [6, 6.07) is 5.99. The average molecular weight is 486 g/mol. The maximum atomic E-state index is 14.9. The number of amides is 1. The monoisotopic (exact) mass is 485 g/mol. The summed E-state index contributed by atoms with van der Waals surface area (Å²) in [5, 5.41) is 32.4. The summed E-state index contributed by atoms with van der Waals surface area (Å²) in [4.78, 5) is 16.8. The van der Waals surface area contributed by atoms with Crippen molar-refractivity contribution in [3.05, 3.63) is 63.3 Å². The lowest BCUT2D eigenvalue weighted by atomic mass is 10.0. The minimum Gasteiger partial charge on any atom is -0.618 e. The topological polar surface area (TPSA) is 163 Å². The fourth-order valence-corrected chi connectivity index (χ4v) is 2.82. The summed E-state index contributed by atoms with van der Waals surface area (Å²) >= 11 is 5.59. The second-order valence-corrected chi connectivity index (χ2v) is 7.01. The molecule has 0 aliphatic heterocycles. The van der Waals surface area contributed by atoms with E-state index in [1.54, 1.807) is 6.07 Å². The van der Waals surface area contributed by atoms with Crippen LogP contribution in [0.1, 0.15) is 16.8 Å². The Hall–Kier alpha value is -3.76. The number of nitrogens with two attached hydrogens (primary N) is 1. The SMILES string of the molecule is N#Cc1ccc(NCC(F)(F)c2ccc(Cl)c[n+]2[O-])c(F)c1CC(=O)NCCONC(=N)N. The normalized spacial score (nSPS) is 10.9. The van der Waals surface area contributed by atoms with Gasteiger partial charge in [-0.3, -0.25) is 15.0 Å². The summed E-state index contributed by atoms with van der Waals surface area (Å²) in [6.07, 6.45) is 0.226. The molecule has 1 heterocycles. The molecule has 2 aromatic rings. The van der Waals surface area contributed by atoms with Gasteiger partial charge in [0.2, 0.25) is 11.9 Å². The smallest absolute Gasteiger partial charge is 0.347 e. The van der Waals surface area contributed by atoms with Crippen LogP contribution in [0.5, 0.6) is 0 Å². The number of nitrogens with zero attached hydrogens (tertiary/aromatic N) is 2. The van der Waals surface area contributed by atoms with E-state index in [1.165, 1.54) is 6.07 Å². The lowest BCUT2D eigenvalue weighted by molar-refractivity contribution is -0.624. The predicted molar refractivity (Wildman–Crippen MR) is 112 cm³/mol. The summed E-state index contributed by atoms with van der Waals surface area (Å²) in [6.45, 7) is -1.20. The second-order valence-electron chi connectivity index (χ2n) is 6.57. The third-order valence-electron chi connectivity index (χ3n) is 4.16. The number of alkyl halides is 2. The van der Waals surface area contributed by atoms with Crippen molar-refractivity contribution in [3.8, 4) is 6.07 Å². The van der Waals surface area contributed by atoms with E-state index in [9.17, 15) is 28.4 Å². The Bertz CT molecular complexity index is 1080. The van der Waals surface area contributed by atoms with Gasteiger partial charge in [0.1, 0.15) is 5.02 Å². The van der Waals surface area contributed by atoms with Crippen LogP contribution in [0, 0.1) is 27.8 Å². The van der Waals surface area contributed by atoms with Crippen LogP contribution in [0.4, 0.5) is 18.9 Å². The number of rotatable bonds is 10. The first-order valence-electron chi connectivity index (χ1n) is 9.26. The van der Waals surface area contributed by atoms with Crippen molar-refractivity contribution in [3.63, 3.8) is 0 Å². The van der Waals surface area contributed by atoms with Crippen LogP contribution in [0.15, 0.2) is 30.5 Å². The molecule has 6 N–H and O–H groups in total. The summed E-state index contributed by atoms with van der Waals surface area (Å²) < 4.78 is 43.8. The number of benzene rings is 1. The molecule has 0 saturated heterocycles. The number of anilines is 1. The number of halogens is 4. The van der Waals surface area contributed by atoms with Crippen LogP contribution in [-0.2, 0) is 22.0 Å². The Kier molecular flexibility index (Phi) is 8.66. The van der Waals surface area contributed by atoms with Gasteiger partial charge in [0.05, 0.1) is 36.9 Å². The van der Waals surface area contributed by atoms with Crippen LogP contribution in [0.25, 0.3) is 0 Å². The van der Waals surface area contributed by atoms with Crippen molar-refractivity contribution in [1.29, 1.82) is 10.7 Å². The molecule has 0 aliphatic carbocycles. The van der Waals surface area contributed by atoms with Crippen molar-refractivity contribution in [2.45, 2.75) is 12.3 Å². The van der Waals surface area contributed by atoms with E-state index >= 15 is 0 Å². The molecule has 0 unspecified atom stereocenters. The van der Waals surface area contributed by atoms with Crippen LogP contribution >= 0.6 is 11.6 Å². The fraction of sp³-hybridized carbons (Fsp3) is 0.263. The highest BCUT2D eigenvalue weighted by molar-refractivity contribution is 6.30. The largest absolute Gasteiger partial charge is 0.618 e. The molecule has 0 aliphatic rings. The molecular formula is C19H19ClF3N7O3. The van der Waals surface area contributed by atoms with Gasteiger partial charge in [0, 0.05) is 18.2 Å². The summed E-state index contributed by atoms with van der Waals surface area (Å²) in [5.74, 6) is -5.83.